The van der Waals surface area contributed by atoms with Crippen molar-refractivity contribution in [1.29, 1.82) is 0 Å². The van der Waals surface area contributed by atoms with Crippen molar-refractivity contribution in [3.63, 3.8) is 0 Å². The van der Waals surface area contributed by atoms with Crippen LogP contribution >= 0.6 is 11.6 Å². The first-order chi connectivity index (χ1) is 13.7. The Balaban J connectivity index is 1.63. The summed E-state index contributed by atoms with van der Waals surface area (Å²) in [6, 6.07) is 18.9. The van der Waals surface area contributed by atoms with Crippen LogP contribution in [0.3, 0.4) is 0 Å². The maximum absolute atomic E-state index is 13.1. The van der Waals surface area contributed by atoms with E-state index in [0.29, 0.717) is 18.2 Å². The van der Waals surface area contributed by atoms with Crippen LogP contribution in [0.2, 0.25) is 5.02 Å². The number of urea groups is 1. The van der Waals surface area contributed by atoms with E-state index in [4.69, 9.17) is 16.3 Å². The molecule has 1 aromatic heterocycles. The molecular formula is C22H22ClN3O2. The van der Waals surface area contributed by atoms with Crippen LogP contribution < -0.4 is 10.1 Å². The standard InChI is InChI=1S/C22H22ClN3O2/c1-2-28-19-11-5-16(6-12-19)21-20-4-3-13-25(20)14-15-26(21)22(27)24-18-9-7-17(23)8-10-18/h3-13,21H,2,14-15H2,1H3,(H,24,27). The molecule has 1 aliphatic rings. The number of aromatic nitrogens is 1. The Kier molecular flexibility index (Phi) is 5.26. The van der Waals surface area contributed by atoms with Gasteiger partial charge in [-0.05, 0) is 61.0 Å². The number of amides is 2. The first-order valence-electron chi connectivity index (χ1n) is 9.36. The highest BCUT2D eigenvalue weighted by Crippen LogP contribution is 2.33. The third kappa shape index (κ3) is 3.71. The summed E-state index contributed by atoms with van der Waals surface area (Å²) in [5, 5.41) is 3.63. The molecule has 0 fully saturated rings. The van der Waals surface area contributed by atoms with E-state index < -0.39 is 0 Å². The lowest BCUT2D eigenvalue weighted by atomic mass is 10.00. The number of nitrogens with one attached hydrogen (secondary N) is 1. The third-order valence-corrected chi connectivity index (χ3v) is 5.15. The molecule has 2 amide bonds. The molecule has 5 nitrogen and oxygen atoms in total. The van der Waals surface area contributed by atoms with E-state index in [1.54, 1.807) is 24.3 Å². The van der Waals surface area contributed by atoms with Crippen molar-refractivity contribution in [2.75, 3.05) is 18.5 Å². The van der Waals surface area contributed by atoms with E-state index in [1.807, 2.05) is 42.2 Å². The molecule has 0 spiro atoms. The molecule has 2 aromatic carbocycles. The smallest absolute Gasteiger partial charge is 0.322 e. The number of benzene rings is 2. The average molecular weight is 396 g/mol. The summed E-state index contributed by atoms with van der Waals surface area (Å²) >= 11 is 5.94. The van der Waals surface area contributed by atoms with Crippen molar-refractivity contribution in [1.82, 2.24) is 9.47 Å². The van der Waals surface area contributed by atoms with Crippen molar-refractivity contribution >= 4 is 23.3 Å². The molecule has 0 saturated carbocycles. The quantitative estimate of drug-likeness (QED) is 0.661. The monoisotopic (exact) mass is 395 g/mol. The summed E-state index contributed by atoms with van der Waals surface area (Å²) in [7, 11) is 0. The molecule has 0 radical (unpaired) electrons. The maximum Gasteiger partial charge on any atom is 0.322 e. The van der Waals surface area contributed by atoms with Gasteiger partial charge in [0.15, 0.2) is 0 Å². The lowest BCUT2D eigenvalue weighted by Crippen LogP contribution is -2.44. The van der Waals surface area contributed by atoms with E-state index in [-0.39, 0.29) is 12.1 Å². The van der Waals surface area contributed by atoms with Gasteiger partial charge < -0.3 is 19.5 Å². The molecule has 0 bridgehead atoms. The van der Waals surface area contributed by atoms with E-state index in [0.717, 1.165) is 29.2 Å². The summed E-state index contributed by atoms with van der Waals surface area (Å²) in [5.41, 5.74) is 2.87. The molecular weight excluding hydrogens is 374 g/mol. The zero-order chi connectivity index (χ0) is 19.5. The third-order valence-electron chi connectivity index (χ3n) is 4.90. The van der Waals surface area contributed by atoms with Crippen LogP contribution in [0.25, 0.3) is 0 Å². The normalized spacial score (nSPS) is 15.8. The Morgan fingerprint density at radius 1 is 1.11 bits per heavy atom. The van der Waals surface area contributed by atoms with Crippen molar-refractivity contribution in [2.24, 2.45) is 0 Å². The highest BCUT2D eigenvalue weighted by molar-refractivity contribution is 6.30. The minimum atomic E-state index is -0.160. The minimum absolute atomic E-state index is 0.131. The SMILES string of the molecule is CCOc1ccc(C2c3cccn3CCN2C(=O)Nc2ccc(Cl)cc2)cc1. The molecule has 1 unspecified atom stereocenters. The molecule has 1 aliphatic heterocycles. The summed E-state index contributed by atoms with van der Waals surface area (Å²) in [6.45, 7) is 3.98. The molecule has 144 valence electrons. The molecule has 3 aromatic rings. The van der Waals surface area contributed by atoms with E-state index >= 15 is 0 Å². The topological polar surface area (TPSA) is 46.5 Å². The number of fused-ring (bicyclic) bond motifs is 1. The Bertz CT molecular complexity index is 951. The number of anilines is 1. The number of hydrogen-bond acceptors (Lipinski definition) is 2. The van der Waals surface area contributed by atoms with Gasteiger partial charge in [0.05, 0.1) is 12.6 Å². The number of rotatable bonds is 4. The predicted molar refractivity (Wildman–Crippen MR) is 111 cm³/mol. The molecule has 1 N–H and O–H groups in total. The second-order valence-corrected chi connectivity index (χ2v) is 7.10. The number of halogens is 1. The number of nitrogens with zero attached hydrogens (tertiary/aromatic N) is 2. The van der Waals surface area contributed by atoms with Crippen LogP contribution in [0.5, 0.6) is 5.75 Å². The highest BCUT2D eigenvalue weighted by Gasteiger charge is 2.32. The van der Waals surface area contributed by atoms with Gasteiger partial charge in [-0.1, -0.05) is 23.7 Å². The van der Waals surface area contributed by atoms with Gasteiger partial charge in [0.2, 0.25) is 0 Å². The van der Waals surface area contributed by atoms with Crippen LogP contribution in [0.1, 0.15) is 24.2 Å². The van der Waals surface area contributed by atoms with Gasteiger partial charge >= 0.3 is 6.03 Å². The average Bonchev–Trinajstić information content (AvgIpc) is 3.19. The number of hydrogen-bond donors (Lipinski definition) is 1. The van der Waals surface area contributed by atoms with Gasteiger partial charge in [-0.2, -0.15) is 0 Å². The second-order valence-electron chi connectivity index (χ2n) is 6.66. The fourth-order valence-corrected chi connectivity index (χ4v) is 3.72. The summed E-state index contributed by atoms with van der Waals surface area (Å²) in [6.07, 6.45) is 2.06. The van der Waals surface area contributed by atoms with Gasteiger partial charge in [-0.3, -0.25) is 0 Å². The predicted octanol–water partition coefficient (Wildman–Crippen LogP) is 5.18. The van der Waals surface area contributed by atoms with Gasteiger partial charge in [0.25, 0.3) is 0 Å². The van der Waals surface area contributed by atoms with Crippen molar-refractivity contribution in [3.8, 4) is 5.75 Å². The minimum Gasteiger partial charge on any atom is -0.494 e. The van der Waals surface area contributed by atoms with Crippen LogP contribution in [0, 0.1) is 0 Å². The first kappa shape index (κ1) is 18.4. The molecule has 4 rings (SSSR count). The van der Waals surface area contributed by atoms with Gasteiger partial charge in [-0.15, -0.1) is 0 Å². The van der Waals surface area contributed by atoms with Gasteiger partial charge in [0, 0.05) is 35.7 Å². The lowest BCUT2D eigenvalue weighted by Gasteiger charge is -2.37. The van der Waals surface area contributed by atoms with Crippen molar-refractivity contribution in [2.45, 2.75) is 19.5 Å². The zero-order valence-electron chi connectivity index (χ0n) is 15.6. The largest absolute Gasteiger partial charge is 0.494 e. The highest BCUT2D eigenvalue weighted by atomic mass is 35.5. The number of carbonyl (C=O) groups excluding carboxylic acids is 1. The number of ether oxygens (including phenoxy) is 1. The second kappa shape index (κ2) is 7.98. The Labute approximate surface area is 169 Å². The van der Waals surface area contributed by atoms with E-state index in [2.05, 4.69) is 22.1 Å². The van der Waals surface area contributed by atoms with Crippen LogP contribution in [0.4, 0.5) is 10.5 Å². The van der Waals surface area contributed by atoms with Crippen molar-refractivity contribution in [3.05, 3.63) is 83.1 Å². The Morgan fingerprint density at radius 3 is 2.57 bits per heavy atom. The molecule has 6 heteroatoms. The molecule has 0 aliphatic carbocycles. The lowest BCUT2D eigenvalue weighted by molar-refractivity contribution is 0.182. The fourth-order valence-electron chi connectivity index (χ4n) is 3.59. The Morgan fingerprint density at radius 2 is 1.86 bits per heavy atom. The molecule has 1 atom stereocenters. The summed E-state index contributed by atoms with van der Waals surface area (Å²) in [5.74, 6) is 0.828. The van der Waals surface area contributed by atoms with Crippen LogP contribution in [-0.4, -0.2) is 28.6 Å². The maximum atomic E-state index is 13.1. The van der Waals surface area contributed by atoms with Crippen molar-refractivity contribution < 1.29 is 9.53 Å². The molecule has 0 saturated heterocycles. The van der Waals surface area contributed by atoms with Gasteiger partial charge in [0.1, 0.15) is 5.75 Å². The van der Waals surface area contributed by atoms with E-state index in [1.165, 1.54) is 0 Å². The molecule has 2 heterocycles. The summed E-state index contributed by atoms with van der Waals surface area (Å²) < 4.78 is 7.76. The van der Waals surface area contributed by atoms with Crippen LogP contribution in [0.15, 0.2) is 66.9 Å². The summed E-state index contributed by atoms with van der Waals surface area (Å²) in [4.78, 5) is 15.0. The zero-order valence-corrected chi connectivity index (χ0v) is 16.4. The first-order valence-corrected chi connectivity index (χ1v) is 9.74. The van der Waals surface area contributed by atoms with E-state index in [9.17, 15) is 4.79 Å². The van der Waals surface area contributed by atoms with Gasteiger partial charge in [-0.25, -0.2) is 4.79 Å². The Hall–Kier alpha value is -2.92. The molecule has 28 heavy (non-hydrogen) atoms. The number of carbonyl (C=O) groups is 1. The fraction of sp³-hybridized carbons (Fsp3) is 0.227. The van der Waals surface area contributed by atoms with Crippen LogP contribution in [-0.2, 0) is 6.54 Å².